The van der Waals surface area contributed by atoms with Crippen LogP contribution in [0.3, 0.4) is 0 Å². The molecule has 3 rings (SSSR count). The van der Waals surface area contributed by atoms with Gasteiger partial charge in [0.15, 0.2) is 5.16 Å². The summed E-state index contributed by atoms with van der Waals surface area (Å²) in [6.45, 7) is 2.76. The van der Waals surface area contributed by atoms with Gasteiger partial charge in [0.05, 0.1) is 12.0 Å². The Hall–Kier alpha value is -1.63. The number of ether oxygens (including phenoxy) is 1. The number of methoxy groups -OCH3 is 1. The molecule has 2 aromatic heterocycles. The first-order chi connectivity index (χ1) is 11.2. The van der Waals surface area contributed by atoms with Crippen LogP contribution in [0.25, 0.3) is 21.3 Å². The second kappa shape index (κ2) is 7.29. The molecular weight excluding hydrogens is 328 g/mol. The molecule has 0 spiro atoms. The summed E-state index contributed by atoms with van der Waals surface area (Å²) in [6.07, 6.45) is 1.01. The number of hydrogen-bond donors (Lipinski definition) is 1. The van der Waals surface area contributed by atoms with Gasteiger partial charge in [-0.1, -0.05) is 43.0 Å². The number of thiophene rings is 1. The number of hydrogen-bond acceptors (Lipinski definition) is 5. The van der Waals surface area contributed by atoms with E-state index in [1.165, 1.54) is 28.7 Å². The molecule has 23 heavy (non-hydrogen) atoms. The molecule has 6 heteroatoms. The number of fused-ring (bicyclic) bond motifs is 1. The summed E-state index contributed by atoms with van der Waals surface area (Å²) < 4.78 is 5.02. The predicted molar refractivity (Wildman–Crippen MR) is 97.7 cm³/mol. The van der Waals surface area contributed by atoms with Crippen molar-refractivity contribution in [2.24, 2.45) is 0 Å². The Kier molecular flexibility index (Phi) is 5.15. The van der Waals surface area contributed by atoms with Crippen LogP contribution in [0.1, 0.15) is 12.5 Å². The van der Waals surface area contributed by atoms with Crippen molar-refractivity contribution in [3.63, 3.8) is 0 Å². The Morgan fingerprint density at radius 1 is 1.30 bits per heavy atom. The van der Waals surface area contributed by atoms with Crippen molar-refractivity contribution in [3.05, 3.63) is 45.6 Å². The quantitative estimate of drug-likeness (QED) is 0.417. The molecule has 0 saturated heterocycles. The number of aromatic amines is 1. The summed E-state index contributed by atoms with van der Waals surface area (Å²) in [4.78, 5) is 20.7. The number of nitrogens with zero attached hydrogens (tertiary/aromatic N) is 1. The van der Waals surface area contributed by atoms with Gasteiger partial charge in [0.2, 0.25) is 0 Å². The van der Waals surface area contributed by atoms with Crippen molar-refractivity contribution in [1.82, 2.24) is 9.97 Å². The van der Waals surface area contributed by atoms with Gasteiger partial charge in [0.25, 0.3) is 5.56 Å². The highest BCUT2D eigenvalue weighted by atomic mass is 32.2. The lowest BCUT2D eigenvalue weighted by Crippen LogP contribution is -2.09. The van der Waals surface area contributed by atoms with Crippen molar-refractivity contribution in [1.29, 1.82) is 0 Å². The lowest BCUT2D eigenvalue weighted by atomic mass is 10.0. The van der Waals surface area contributed by atoms with E-state index in [0.29, 0.717) is 17.1 Å². The molecule has 2 heterocycles. The number of aryl methyl sites for hydroxylation is 1. The van der Waals surface area contributed by atoms with Gasteiger partial charge in [-0.15, -0.1) is 11.3 Å². The number of nitrogens with one attached hydrogen (secondary N) is 1. The van der Waals surface area contributed by atoms with Crippen LogP contribution >= 0.6 is 23.1 Å². The van der Waals surface area contributed by atoms with E-state index >= 15 is 0 Å². The van der Waals surface area contributed by atoms with Crippen molar-refractivity contribution >= 4 is 33.3 Å². The van der Waals surface area contributed by atoms with Gasteiger partial charge in [-0.25, -0.2) is 4.98 Å². The zero-order chi connectivity index (χ0) is 16.2. The molecule has 1 N–H and O–H groups in total. The van der Waals surface area contributed by atoms with Crippen LogP contribution in [-0.2, 0) is 11.2 Å². The number of thioether (sulfide) groups is 1. The molecule has 0 amide bonds. The first kappa shape index (κ1) is 16.2. The molecule has 0 unspecified atom stereocenters. The molecule has 0 fully saturated rings. The van der Waals surface area contributed by atoms with Crippen LogP contribution in [0.4, 0.5) is 0 Å². The van der Waals surface area contributed by atoms with Gasteiger partial charge in [-0.05, 0) is 17.5 Å². The molecule has 0 aliphatic rings. The van der Waals surface area contributed by atoms with Crippen molar-refractivity contribution in [2.45, 2.75) is 18.5 Å². The Bertz CT molecular complexity index is 853. The van der Waals surface area contributed by atoms with Gasteiger partial charge in [0, 0.05) is 23.8 Å². The Morgan fingerprint density at radius 3 is 2.78 bits per heavy atom. The minimum Gasteiger partial charge on any atom is -0.384 e. The van der Waals surface area contributed by atoms with Gasteiger partial charge < -0.3 is 9.72 Å². The van der Waals surface area contributed by atoms with Crippen molar-refractivity contribution in [3.8, 4) is 11.1 Å². The summed E-state index contributed by atoms with van der Waals surface area (Å²) in [7, 11) is 1.66. The van der Waals surface area contributed by atoms with E-state index in [4.69, 9.17) is 4.74 Å². The maximum Gasteiger partial charge on any atom is 0.260 e. The fraction of sp³-hybridized carbons (Fsp3) is 0.294. The molecule has 4 nitrogen and oxygen atoms in total. The molecule has 120 valence electrons. The topological polar surface area (TPSA) is 55.0 Å². The summed E-state index contributed by atoms with van der Waals surface area (Å²) >= 11 is 3.01. The molecule has 3 aromatic rings. The van der Waals surface area contributed by atoms with E-state index in [1.807, 2.05) is 5.38 Å². The van der Waals surface area contributed by atoms with Crippen molar-refractivity contribution in [2.75, 3.05) is 19.5 Å². The third-order valence-electron chi connectivity index (χ3n) is 3.62. The highest BCUT2D eigenvalue weighted by molar-refractivity contribution is 7.99. The highest BCUT2D eigenvalue weighted by Crippen LogP contribution is 2.31. The molecule has 0 saturated carbocycles. The SMILES string of the molecule is CCc1ccc(-c2csc3nc(SCCOC)[nH]c(=O)c23)cc1. The largest absolute Gasteiger partial charge is 0.384 e. The first-order valence-corrected chi connectivity index (χ1v) is 9.32. The number of rotatable bonds is 6. The fourth-order valence-corrected chi connectivity index (χ4v) is 4.12. The zero-order valence-electron chi connectivity index (χ0n) is 13.1. The molecule has 0 atom stereocenters. The number of aromatic nitrogens is 2. The molecule has 0 aliphatic carbocycles. The minimum absolute atomic E-state index is 0.0780. The fourth-order valence-electron chi connectivity index (χ4n) is 2.35. The van der Waals surface area contributed by atoms with E-state index in [-0.39, 0.29) is 5.56 Å². The van der Waals surface area contributed by atoms with E-state index < -0.39 is 0 Å². The van der Waals surface area contributed by atoms with Gasteiger partial charge in [0.1, 0.15) is 4.83 Å². The minimum atomic E-state index is -0.0780. The van der Waals surface area contributed by atoms with Crippen LogP contribution < -0.4 is 5.56 Å². The molecule has 0 bridgehead atoms. The van der Waals surface area contributed by atoms with E-state index in [1.54, 1.807) is 7.11 Å². The number of benzene rings is 1. The van der Waals surface area contributed by atoms with Crippen LogP contribution in [0.5, 0.6) is 0 Å². The standard InChI is InChI=1S/C17H18N2O2S2/c1-3-11-4-6-12(7-5-11)13-10-23-16-14(13)15(20)18-17(19-16)22-9-8-21-2/h4-7,10H,3,8-9H2,1-2H3,(H,18,19,20). The summed E-state index contributed by atoms with van der Waals surface area (Å²) in [6, 6.07) is 8.35. The highest BCUT2D eigenvalue weighted by Gasteiger charge is 2.13. The first-order valence-electron chi connectivity index (χ1n) is 7.45. The maximum atomic E-state index is 12.5. The van der Waals surface area contributed by atoms with Gasteiger partial charge >= 0.3 is 0 Å². The van der Waals surface area contributed by atoms with E-state index in [2.05, 4.69) is 41.2 Å². The monoisotopic (exact) mass is 346 g/mol. The Morgan fingerprint density at radius 2 is 2.09 bits per heavy atom. The number of H-pyrrole nitrogens is 1. The second-order valence-corrected chi connectivity index (χ2v) is 7.03. The molecule has 0 aliphatic heterocycles. The Labute approximate surface area is 142 Å². The predicted octanol–water partition coefficient (Wildman–Crippen LogP) is 3.95. The van der Waals surface area contributed by atoms with Crippen LogP contribution in [0.15, 0.2) is 39.6 Å². The van der Waals surface area contributed by atoms with Crippen LogP contribution in [0.2, 0.25) is 0 Å². The smallest absolute Gasteiger partial charge is 0.260 e. The Balaban J connectivity index is 1.98. The third kappa shape index (κ3) is 3.49. The second-order valence-electron chi connectivity index (χ2n) is 5.09. The molecule has 0 radical (unpaired) electrons. The van der Waals surface area contributed by atoms with Gasteiger partial charge in [-0.3, -0.25) is 4.79 Å². The summed E-state index contributed by atoms with van der Waals surface area (Å²) in [5.74, 6) is 0.766. The van der Waals surface area contributed by atoms with E-state index in [0.717, 1.165) is 28.1 Å². The summed E-state index contributed by atoms with van der Waals surface area (Å²) in [5.41, 5.74) is 3.22. The maximum absolute atomic E-state index is 12.5. The average molecular weight is 346 g/mol. The zero-order valence-corrected chi connectivity index (χ0v) is 14.7. The van der Waals surface area contributed by atoms with Crippen molar-refractivity contribution < 1.29 is 4.74 Å². The van der Waals surface area contributed by atoms with Gasteiger partial charge in [-0.2, -0.15) is 0 Å². The average Bonchev–Trinajstić information content (AvgIpc) is 3.00. The molecular formula is C17H18N2O2S2. The molecule has 1 aromatic carbocycles. The summed E-state index contributed by atoms with van der Waals surface area (Å²) in [5, 5.41) is 3.34. The normalized spacial score (nSPS) is 11.2. The lowest BCUT2D eigenvalue weighted by Gasteiger charge is -2.03. The van der Waals surface area contributed by atoms with E-state index in [9.17, 15) is 4.79 Å². The van der Waals surface area contributed by atoms with Crippen LogP contribution in [0, 0.1) is 0 Å². The van der Waals surface area contributed by atoms with Crippen LogP contribution in [-0.4, -0.2) is 29.4 Å². The lowest BCUT2D eigenvalue weighted by molar-refractivity contribution is 0.218. The third-order valence-corrected chi connectivity index (χ3v) is 5.33.